The van der Waals surface area contributed by atoms with Crippen molar-refractivity contribution >= 4 is 51.7 Å². The number of nitrogens with zero attached hydrogens (tertiary/aromatic N) is 3. The zero-order chi connectivity index (χ0) is 23.4. The second kappa shape index (κ2) is 10.8. The van der Waals surface area contributed by atoms with E-state index in [0.717, 1.165) is 25.0 Å². The van der Waals surface area contributed by atoms with Gasteiger partial charge in [-0.25, -0.2) is 4.98 Å². The van der Waals surface area contributed by atoms with Gasteiger partial charge in [0.25, 0.3) is 11.5 Å². The highest BCUT2D eigenvalue weighted by Crippen LogP contribution is 2.33. The summed E-state index contributed by atoms with van der Waals surface area (Å²) in [6, 6.07) is 3.73. The summed E-state index contributed by atoms with van der Waals surface area (Å²) in [7, 11) is 0. The van der Waals surface area contributed by atoms with E-state index in [4.69, 9.17) is 26.7 Å². The summed E-state index contributed by atoms with van der Waals surface area (Å²) in [5, 5.41) is 3.30. The largest absolute Gasteiger partial charge is 0.382 e. The molecule has 2 aromatic heterocycles. The van der Waals surface area contributed by atoms with Crippen molar-refractivity contribution in [1.82, 2.24) is 14.3 Å². The van der Waals surface area contributed by atoms with Gasteiger partial charge in [-0.2, -0.15) is 0 Å². The lowest BCUT2D eigenvalue weighted by Crippen LogP contribution is -2.30. The first kappa shape index (κ1) is 23.9. The summed E-state index contributed by atoms with van der Waals surface area (Å²) >= 11 is 6.64. The minimum Gasteiger partial charge on any atom is -0.382 e. The Bertz CT molecular complexity index is 1140. The van der Waals surface area contributed by atoms with Crippen LogP contribution in [0.3, 0.4) is 0 Å². The van der Waals surface area contributed by atoms with E-state index in [9.17, 15) is 9.59 Å². The maximum atomic E-state index is 13.4. The van der Waals surface area contributed by atoms with Crippen LogP contribution in [0.2, 0.25) is 0 Å². The lowest BCUT2D eigenvalue weighted by atomic mass is 10.2. The molecule has 0 spiro atoms. The highest BCUT2D eigenvalue weighted by atomic mass is 32.2. The molecule has 4 heterocycles. The topological polar surface area (TPSA) is 85.2 Å². The van der Waals surface area contributed by atoms with Crippen LogP contribution in [0.25, 0.3) is 11.7 Å². The first-order chi connectivity index (χ1) is 16.0. The van der Waals surface area contributed by atoms with Crippen LogP contribution in [0.4, 0.5) is 5.82 Å². The third kappa shape index (κ3) is 5.29. The number of carbonyl (C=O) groups is 1. The van der Waals surface area contributed by atoms with Gasteiger partial charge in [0.2, 0.25) is 0 Å². The van der Waals surface area contributed by atoms with E-state index in [-0.39, 0.29) is 17.6 Å². The lowest BCUT2D eigenvalue weighted by molar-refractivity contribution is -0.122. The quantitative estimate of drug-likeness (QED) is 0.327. The molecule has 4 rings (SSSR count). The molecule has 2 aromatic rings. The van der Waals surface area contributed by atoms with Crippen molar-refractivity contribution in [3.63, 3.8) is 0 Å². The van der Waals surface area contributed by atoms with E-state index in [1.165, 1.54) is 16.2 Å². The van der Waals surface area contributed by atoms with E-state index in [1.54, 1.807) is 17.2 Å². The number of thiocarbonyl (C=S) groups is 1. The van der Waals surface area contributed by atoms with Crippen LogP contribution in [0, 0.1) is 6.92 Å². The fourth-order valence-corrected chi connectivity index (χ4v) is 5.18. The summed E-state index contributed by atoms with van der Waals surface area (Å²) in [5.41, 5.74) is 1.57. The number of pyridine rings is 1. The maximum absolute atomic E-state index is 13.4. The van der Waals surface area contributed by atoms with Crippen LogP contribution < -0.4 is 10.9 Å². The van der Waals surface area contributed by atoms with Gasteiger partial charge in [0, 0.05) is 39.1 Å². The monoisotopic (exact) mass is 488 g/mol. The Labute approximate surface area is 202 Å². The average molecular weight is 489 g/mol. The summed E-state index contributed by atoms with van der Waals surface area (Å²) in [6.07, 6.45) is 6.08. The van der Waals surface area contributed by atoms with Gasteiger partial charge in [0.05, 0.1) is 16.6 Å². The molecule has 8 nitrogen and oxygen atoms in total. The fourth-order valence-electron chi connectivity index (χ4n) is 3.89. The maximum Gasteiger partial charge on any atom is 0.267 e. The Hall–Kier alpha value is -2.27. The van der Waals surface area contributed by atoms with Crippen LogP contribution in [-0.4, -0.2) is 63.5 Å². The zero-order valence-electron chi connectivity index (χ0n) is 18.8. The summed E-state index contributed by atoms with van der Waals surface area (Å²) < 4.78 is 13.1. The molecule has 0 bridgehead atoms. The predicted octanol–water partition coefficient (Wildman–Crippen LogP) is 3.22. The molecule has 0 saturated carbocycles. The second-order valence-electron chi connectivity index (χ2n) is 7.96. The Morgan fingerprint density at radius 3 is 3.03 bits per heavy atom. The number of anilines is 1. The number of nitrogens with one attached hydrogen (secondary N) is 1. The molecule has 1 N–H and O–H groups in total. The number of aryl methyl sites for hydroxylation is 1. The van der Waals surface area contributed by atoms with Crippen molar-refractivity contribution < 1.29 is 14.3 Å². The average Bonchev–Trinajstić information content (AvgIpc) is 3.41. The van der Waals surface area contributed by atoms with Crippen molar-refractivity contribution in [2.75, 3.05) is 38.2 Å². The van der Waals surface area contributed by atoms with E-state index in [1.807, 2.05) is 26.0 Å². The molecule has 1 amide bonds. The highest BCUT2D eigenvalue weighted by Gasteiger charge is 2.32. The van der Waals surface area contributed by atoms with Crippen molar-refractivity contribution in [3.05, 3.63) is 44.7 Å². The Morgan fingerprint density at radius 1 is 1.42 bits per heavy atom. The Kier molecular flexibility index (Phi) is 7.79. The third-order valence-corrected chi connectivity index (χ3v) is 7.01. The third-order valence-electron chi connectivity index (χ3n) is 5.63. The van der Waals surface area contributed by atoms with Gasteiger partial charge in [0.1, 0.15) is 15.8 Å². The fraction of sp³-hybridized carbons (Fsp3) is 0.478. The summed E-state index contributed by atoms with van der Waals surface area (Å²) in [6.45, 7) is 6.84. The summed E-state index contributed by atoms with van der Waals surface area (Å²) in [4.78, 5) is 33.2. The number of hydrogen-bond donors (Lipinski definition) is 1. The van der Waals surface area contributed by atoms with Gasteiger partial charge in [-0.1, -0.05) is 30.0 Å². The van der Waals surface area contributed by atoms with Gasteiger partial charge in [-0.05, 0) is 50.8 Å². The van der Waals surface area contributed by atoms with Gasteiger partial charge in [-0.15, -0.1) is 0 Å². The van der Waals surface area contributed by atoms with Crippen LogP contribution in [0.1, 0.15) is 37.3 Å². The molecule has 10 heteroatoms. The molecule has 176 valence electrons. The molecule has 2 aliphatic heterocycles. The standard InChI is InChI=1S/C23H28N4O4S2/c1-3-30-11-6-10-27-22(29)18(33-23(27)32)13-17-19(24-14-16-8-5-12-31-16)25-20-15(2)7-4-9-26(20)21(17)28/h4,7,9,13,16,24H,3,5-6,8,10-12,14H2,1-2H3/b18-13-. The molecule has 33 heavy (non-hydrogen) atoms. The number of hydrogen-bond acceptors (Lipinski definition) is 8. The number of rotatable bonds is 9. The number of thioether (sulfide) groups is 1. The van der Waals surface area contributed by atoms with Gasteiger partial charge in [-0.3, -0.25) is 18.9 Å². The second-order valence-corrected chi connectivity index (χ2v) is 9.64. The number of amides is 1. The van der Waals surface area contributed by atoms with Crippen LogP contribution in [0.15, 0.2) is 28.0 Å². The zero-order valence-corrected chi connectivity index (χ0v) is 20.5. The number of aromatic nitrogens is 2. The molecule has 0 aromatic carbocycles. The predicted molar refractivity (Wildman–Crippen MR) is 135 cm³/mol. The molecular weight excluding hydrogens is 460 g/mol. The molecule has 2 fully saturated rings. The van der Waals surface area contributed by atoms with Gasteiger partial charge >= 0.3 is 0 Å². The first-order valence-corrected chi connectivity index (χ1v) is 12.4. The minimum absolute atomic E-state index is 0.0820. The molecule has 1 unspecified atom stereocenters. The Balaban J connectivity index is 1.66. The SMILES string of the molecule is CCOCCCN1C(=O)/C(=C/c2c(NCC3CCCO3)nc3c(C)cccn3c2=O)SC1=S. The number of carbonyl (C=O) groups excluding carboxylic acids is 1. The molecule has 0 radical (unpaired) electrons. The normalized spacial score (nSPS) is 19.9. The van der Waals surface area contributed by atoms with Crippen LogP contribution in [-0.2, 0) is 14.3 Å². The Morgan fingerprint density at radius 2 is 2.27 bits per heavy atom. The van der Waals surface area contributed by atoms with Crippen molar-refractivity contribution in [3.8, 4) is 0 Å². The highest BCUT2D eigenvalue weighted by molar-refractivity contribution is 8.26. The molecule has 0 aliphatic carbocycles. The van der Waals surface area contributed by atoms with Crippen molar-refractivity contribution in [1.29, 1.82) is 0 Å². The van der Waals surface area contributed by atoms with E-state index in [0.29, 0.717) is 59.0 Å². The summed E-state index contributed by atoms with van der Waals surface area (Å²) in [5.74, 6) is 0.256. The van der Waals surface area contributed by atoms with E-state index >= 15 is 0 Å². The van der Waals surface area contributed by atoms with Crippen molar-refractivity contribution in [2.45, 2.75) is 39.2 Å². The minimum atomic E-state index is -0.236. The van der Waals surface area contributed by atoms with E-state index in [2.05, 4.69) is 5.32 Å². The number of fused-ring (bicyclic) bond motifs is 1. The molecular formula is C23H28N4O4S2. The van der Waals surface area contributed by atoms with Gasteiger partial charge < -0.3 is 14.8 Å². The molecule has 2 aliphatic rings. The van der Waals surface area contributed by atoms with Crippen molar-refractivity contribution in [2.24, 2.45) is 0 Å². The van der Waals surface area contributed by atoms with Crippen LogP contribution in [0.5, 0.6) is 0 Å². The number of ether oxygens (including phenoxy) is 2. The smallest absolute Gasteiger partial charge is 0.267 e. The molecule has 1 atom stereocenters. The first-order valence-electron chi connectivity index (χ1n) is 11.2. The lowest BCUT2D eigenvalue weighted by Gasteiger charge is -2.15. The van der Waals surface area contributed by atoms with E-state index < -0.39 is 0 Å². The van der Waals surface area contributed by atoms with Crippen LogP contribution >= 0.6 is 24.0 Å². The molecule has 2 saturated heterocycles. The van der Waals surface area contributed by atoms with Gasteiger partial charge in [0.15, 0.2) is 0 Å².